The fourth-order valence-electron chi connectivity index (χ4n) is 3.36. The van der Waals surface area contributed by atoms with Crippen LogP contribution in [0.15, 0.2) is 40.4 Å². The van der Waals surface area contributed by atoms with E-state index in [0.29, 0.717) is 28.5 Å². The summed E-state index contributed by atoms with van der Waals surface area (Å²) in [6, 6.07) is 8.14. The molecule has 3 aromatic heterocycles. The normalized spacial score (nSPS) is 12.5. The monoisotopic (exact) mass is 439 g/mol. The van der Waals surface area contributed by atoms with Crippen molar-refractivity contribution < 1.29 is 4.79 Å². The molecular weight excluding hydrogens is 414 g/mol. The number of nitrogens with zero attached hydrogens (tertiary/aromatic N) is 6. The van der Waals surface area contributed by atoms with E-state index in [1.807, 2.05) is 45.0 Å². The molecule has 0 radical (unpaired) electrons. The van der Waals surface area contributed by atoms with Gasteiger partial charge in [-0.25, -0.2) is 0 Å². The summed E-state index contributed by atoms with van der Waals surface area (Å²) in [5.74, 6) is 0.576. The zero-order valence-corrected chi connectivity index (χ0v) is 18.8. The second kappa shape index (κ2) is 8.54. The number of rotatable bonds is 7. The minimum Gasteiger partial charge on any atom is -0.353 e. The van der Waals surface area contributed by atoms with Gasteiger partial charge in [-0.05, 0) is 25.8 Å². The minimum absolute atomic E-state index is 0.0634. The molecule has 0 aliphatic carbocycles. The molecule has 0 bridgehead atoms. The molecule has 9 nitrogen and oxygen atoms in total. The Morgan fingerprint density at radius 2 is 1.97 bits per heavy atom. The van der Waals surface area contributed by atoms with Crippen LogP contribution in [-0.4, -0.2) is 46.6 Å². The Labute approximate surface area is 183 Å². The smallest absolute Gasteiger partial charge is 0.281 e. The van der Waals surface area contributed by atoms with Crippen LogP contribution >= 0.6 is 11.8 Å². The Morgan fingerprint density at radius 3 is 2.68 bits per heavy atom. The van der Waals surface area contributed by atoms with E-state index in [4.69, 9.17) is 0 Å². The fraction of sp³-hybridized carbons (Fsp3) is 0.381. The quantitative estimate of drug-likeness (QED) is 0.443. The first-order valence-corrected chi connectivity index (χ1v) is 11.1. The van der Waals surface area contributed by atoms with Crippen molar-refractivity contribution in [1.29, 1.82) is 0 Å². The second-order valence-corrected chi connectivity index (χ2v) is 8.60. The lowest BCUT2D eigenvalue weighted by atomic mass is 10.1. The van der Waals surface area contributed by atoms with Gasteiger partial charge in [0.15, 0.2) is 10.7 Å². The summed E-state index contributed by atoms with van der Waals surface area (Å²) in [6.45, 7) is 6.38. The Balaban J connectivity index is 1.77. The number of hydrogen-bond acceptors (Lipinski definition) is 6. The molecule has 1 N–H and O–H groups in total. The predicted octanol–water partition coefficient (Wildman–Crippen LogP) is 2.14. The molecule has 0 aliphatic rings. The lowest BCUT2D eigenvalue weighted by Gasteiger charge is -2.11. The van der Waals surface area contributed by atoms with Crippen LogP contribution in [0.3, 0.4) is 0 Å². The highest BCUT2D eigenvalue weighted by Gasteiger charge is 2.20. The molecule has 4 rings (SSSR count). The van der Waals surface area contributed by atoms with E-state index in [0.717, 1.165) is 17.5 Å². The number of amides is 1. The number of nitrogens with one attached hydrogen (secondary N) is 1. The number of benzene rings is 1. The maximum atomic E-state index is 13.3. The van der Waals surface area contributed by atoms with E-state index >= 15 is 0 Å². The molecule has 4 aromatic rings. The second-order valence-electron chi connectivity index (χ2n) is 7.66. The zero-order chi connectivity index (χ0) is 22.1. The molecule has 31 heavy (non-hydrogen) atoms. The molecular formula is C21H25N7O2S. The van der Waals surface area contributed by atoms with Crippen molar-refractivity contribution in [2.75, 3.05) is 5.75 Å². The molecule has 1 aromatic carbocycles. The van der Waals surface area contributed by atoms with E-state index in [-0.39, 0.29) is 23.3 Å². The number of carbonyl (C=O) groups is 1. The van der Waals surface area contributed by atoms with E-state index in [9.17, 15) is 9.59 Å². The van der Waals surface area contributed by atoms with Crippen LogP contribution in [0.25, 0.3) is 16.8 Å². The highest BCUT2D eigenvalue weighted by molar-refractivity contribution is 7.99. The van der Waals surface area contributed by atoms with Crippen LogP contribution < -0.4 is 10.9 Å². The number of aromatic nitrogens is 6. The minimum atomic E-state index is -0.179. The Morgan fingerprint density at radius 1 is 1.23 bits per heavy atom. The van der Waals surface area contributed by atoms with Gasteiger partial charge in [0.25, 0.3) is 5.56 Å². The molecule has 0 saturated heterocycles. The van der Waals surface area contributed by atoms with Crippen LogP contribution in [-0.2, 0) is 18.4 Å². The van der Waals surface area contributed by atoms with Crippen molar-refractivity contribution >= 4 is 34.5 Å². The molecule has 1 atom stereocenters. The third-order valence-corrected chi connectivity index (χ3v) is 6.21. The van der Waals surface area contributed by atoms with E-state index in [1.165, 1.54) is 11.8 Å². The van der Waals surface area contributed by atoms with Gasteiger partial charge >= 0.3 is 0 Å². The Kier molecular flexibility index (Phi) is 5.81. The third-order valence-electron chi connectivity index (χ3n) is 5.28. The van der Waals surface area contributed by atoms with E-state index in [1.54, 1.807) is 26.9 Å². The maximum Gasteiger partial charge on any atom is 0.281 e. The van der Waals surface area contributed by atoms with Gasteiger partial charge in [0.05, 0.1) is 18.5 Å². The van der Waals surface area contributed by atoms with Crippen molar-refractivity contribution in [2.24, 2.45) is 7.05 Å². The number of hydrogen-bond donors (Lipinski definition) is 1. The topological polar surface area (TPSA) is 99.1 Å². The summed E-state index contributed by atoms with van der Waals surface area (Å²) < 4.78 is 4.97. The van der Waals surface area contributed by atoms with Crippen molar-refractivity contribution in [1.82, 2.24) is 34.3 Å². The first-order chi connectivity index (χ1) is 14.9. The van der Waals surface area contributed by atoms with Gasteiger partial charge in [0.2, 0.25) is 11.7 Å². The van der Waals surface area contributed by atoms with Crippen molar-refractivity contribution in [3.05, 3.63) is 51.9 Å². The van der Waals surface area contributed by atoms with Crippen molar-refractivity contribution in [3.63, 3.8) is 0 Å². The number of aryl methyl sites for hydroxylation is 2. The molecule has 1 amide bonds. The molecule has 1 unspecified atom stereocenters. The SMILES string of the molecule is CCC(C)NC(=O)CSc1nnc2n(Cc3ccc(C)cc3)c(=O)c3c(cnn3C)n12. The third kappa shape index (κ3) is 4.07. The van der Waals surface area contributed by atoms with Gasteiger partial charge in [-0.2, -0.15) is 5.10 Å². The lowest BCUT2D eigenvalue weighted by molar-refractivity contribution is -0.119. The van der Waals surface area contributed by atoms with Crippen molar-refractivity contribution in [2.45, 2.75) is 44.9 Å². The van der Waals surface area contributed by atoms with Gasteiger partial charge in [0.1, 0.15) is 5.52 Å². The molecule has 0 aliphatic heterocycles. The Bertz CT molecular complexity index is 1300. The largest absolute Gasteiger partial charge is 0.353 e. The molecule has 0 spiro atoms. The number of carbonyl (C=O) groups excluding carboxylic acids is 1. The van der Waals surface area contributed by atoms with Crippen LogP contribution in [0.5, 0.6) is 0 Å². The van der Waals surface area contributed by atoms with Crippen LogP contribution in [0, 0.1) is 6.92 Å². The number of fused-ring (bicyclic) bond motifs is 3. The summed E-state index contributed by atoms with van der Waals surface area (Å²) in [7, 11) is 1.74. The first-order valence-electron chi connectivity index (χ1n) is 10.2. The molecule has 0 fully saturated rings. The molecule has 162 valence electrons. The summed E-state index contributed by atoms with van der Waals surface area (Å²) in [5.41, 5.74) is 3.05. The van der Waals surface area contributed by atoms with Gasteiger partial charge in [-0.3, -0.25) is 23.2 Å². The summed E-state index contributed by atoms with van der Waals surface area (Å²) in [4.78, 5) is 25.5. The first kappa shape index (κ1) is 21.1. The van der Waals surface area contributed by atoms with Crippen LogP contribution in [0.2, 0.25) is 0 Å². The Hall–Kier alpha value is -3.14. The predicted molar refractivity (Wildman–Crippen MR) is 120 cm³/mol. The van der Waals surface area contributed by atoms with Gasteiger partial charge in [-0.1, -0.05) is 48.5 Å². The van der Waals surface area contributed by atoms with Gasteiger partial charge < -0.3 is 5.32 Å². The summed E-state index contributed by atoms with van der Waals surface area (Å²) >= 11 is 1.29. The standard InChI is InChI=1S/C21H25N7O2S/c1-5-14(3)23-17(29)12-31-21-25-24-20-27(11-15-8-6-13(2)7-9-15)19(30)18-16(28(20)21)10-22-26(18)4/h6-10,14H,5,11-12H2,1-4H3,(H,23,29). The maximum absolute atomic E-state index is 13.3. The average molecular weight is 440 g/mol. The molecule has 0 saturated carbocycles. The summed E-state index contributed by atoms with van der Waals surface area (Å²) in [5, 5.41) is 16.3. The fourth-order valence-corrected chi connectivity index (χ4v) is 4.12. The van der Waals surface area contributed by atoms with Gasteiger partial charge in [-0.15, -0.1) is 10.2 Å². The van der Waals surface area contributed by atoms with Crippen LogP contribution in [0.1, 0.15) is 31.4 Å². The zero-order valence-electron chi connectivity index (χ0n) is 18.0. The average Bonchev–Trinajstić information content (AvgIpc) is 3.34. The van der Waals surface area contributed by atoms with Gasteiger partial charge in [0, 0.05) is 13.1 Å². The van der Waals surface area contributed by atoms with Crippen LogP contribution in [0.4, 0.5) is 0 Å². The molecule has 10 heteroatoms. The molecule has 3 heterocycles. The highest BCUT2D eigenvalue weighted by Crippen LogP contribution is 2.21. The van der Waals surface area contributed by atoms with Crippen molar-refractivity contribution in [3.8, 4) is 0 Å². The highest BCUT2D eigenvalue weighted by atomic mass is 32.2. The number of thioether (sulfide) groups is 1. The van der Waals surface area contributed by atoms with E-state index < -0.39 is 0 Å². The summed E-state index contributed by atoms with van der Waals surface area (Å²) in [6.07, 6.45) is 2.50. The lowest BCUT2D eigenvalue weighted by Crippen LogP contribution is -2.33. The van der Waals surface area contributed by atoms with E-state index in [2.05, 4.69) is 20.6 Å².